The maximum atomic E-state index is 12.8. The number of hydrogen-bond acceptors (Lipinski definition) is 4. The highest BCUT2D eigenvalue weighted by Gasteiger charge is 2.21. The second kappa shape index (κ2) is 6.20. The molecule has 0 aliphatic carbocycles. The number of nitrogen functional groups attached to an aromatic ring is 1. The quantitative estimate of drug-likeness (QED) is 0.634. The van der Waals surface area contributed by atoms with Crippen LogP contribution in [0.15, 0.2) is 53.0 Å². The summed E-state index contributed by atoms with van der Waals surface area (Å²) in [5.74, 6) is -0.172. The van der Waals surface area contributed by atoms with Crippen LogP contribution in [0.2, 0.25) is 5.02 Å². The molecule has 0 atom stereocenters. The van der Waals surface area contributed by atoms with Crippen LogP contribution in [0.1, 0.15) is 15.2 Å². The first-order valence-electron chi connectivity index (χ1n) is 6.37. The van der Waals surface area contributed by atoms with E-state index in [0.717, 1.165) is 10.0 Å². The van der Waals surface area contributed by atoms with E-state index in [-0.39, 0.29) is 5.78 Å². The third kappa shape index (κ3) is 2.92. The Bertz CT molecular complexity index is 863. The zero-order valence-corrected chi connectivity index (χ0v) is 14.4. The molecule has 110 valence electrons. The van der Waals surface area contributed by atoms with Gasteiger partial charge in [0.15, 0.2) is 5.13 Å². The summed E-state index contributed by atoms with van der Waals surface area (Å²) in [7, 11) is 0. The van der Waals surface area contributed by atoms with Crippen molar-refractivity contribution >= 4 is 49.8 Å². The van der Waals surface area contributed by atoms with Crippen molar-refractivity contribution < 1.29 is 4.79 Å². The smallest absolute Gasteiger partial charge is 0.206 e. The number of nitrogens with zero attached hydrogens (tertiary/aromatic N) is 1. The van der Waals surface area contributed by atoms with Crippen LogP contribution >= 0.6 is 38.9 Å². The summed E-state index contributed by atoms with van der Waals surface area (Å²) in [6.07, 6.45) is 0. The van der Waals surface area contributed by atoms with Gasteiger partial charge in [0.25, 0.3) is 0 Å². The Labute approximate surface area is 144 Å². The highest BCUT2D eigenvalue weighted by molar-refractivity contribution is 9.10. The Kier molecular flexibility index (Phi) is 4.29. The first kappa shape index (κ1) is 15.2. The van der Waals surface area contributed by atoms with Crippen molar-refractivity contribution in [1.82, 2.24) is 4.98 Å². The van der Waals surface area contributed by atoms with Crippen LogP contribution < -0.4 is 5.73 Å². The van der Waals surface area contributed by atoms with Gasteiger partial charge < -0.3 is 5.73 Å². The number of hydrogen-bond donors (Lipinski definition) is 1. The molecule has 0 fully saturated rings. The van der Waals surface area contributed by atoms with E-state index in [0.29, 0.717) is 26.3 Å². The summed E-state index contributed by atoms with van der Waals surface area (Å²) >= 11 is 10.7. The zero-order valence-electron chi connectivity index (χ0n) is 11.2. The number of thiazole rings is 1. The van der Waals surface area contributed by atoms with Crippen molar-refractivity contribution in [3.63, 3.8) is 0 Å². The lowest BCUT2D eigenvalue weighted by Gasteiger charge is -2.04. The van der Waals surface area contributed by atoms with Gasteiger partial charge in [0.05, 0.1) is 10.7 Å². The molecule has 2 N–H and O–H groups in total. The fourth-order valence-electron chi connectivity index (χ4n) is 2.09. The van der Waals surface area contributed by atoms with Gasteiger partial charge in [-0.2, -0.15) is 0 Å². The summed E-state index contributed by atoms with van der Waals surface area (Å²) < 4.78 is 0.910. The van der Waals surface area contributed by atoms with Crippen molar-refractivity contribution in [1.29, 1.82) is 0 Å². The fourth-order valence-corrected chi connectivity index (χ4v) is 3.52. The van der Waals surface area contributed by atoms with Gasteiger partial charge in [-0.3, -0.25) is 4.79 Å². The van der Waals surface area contributed by atoms with E-state index in [1.807, 2.05) is 24.3 Å². The Balaban J connectivity index is 2.13. The molecular formula is C16H10BrClN2OS. The van der Waals surface area contributed by atoms with Crippen LogP contribution in [0, 0.1) is 0 Å². The van der Waals surface area contributed by atoms with Crippen molar-refractivity contribution in [3.8, 4) is 11.3 Å². The first-order chi connectivity index (χ1) is 10.6. The Morgan fingerprint density at radius 2 is 1.95 bits per heavy atom. The molecule has 0 unspecified atom stereocenters. The largest absolute Gasteiger partial charge is 0.375 e. The van der Waals surface area contributed by atoms with Gasteiger partial charge in [-0.25, -0.2) is 4.98 Å². The lowest BCUT2D eigenvalue weighted by atomic mass is 10.1. The van der Waals surface area contributed by atoms with Crippen LogP contribution in [0.25, 0.3) is 11.3 Å². The minimum absolute atomic E-state index is 0.172. The molecule has 0 amide bonds. The number of aromatic nitrogens is 1. The number of rotatable bonds is 3. The molecule has 0 spiro atoms. The van der Waals surface area contributed by atoms with E-state index < -0.39 is 0 Å². The average molecular weight is 394 g/mol. The van der Waals surface area contributed by atoms with E-state index in [1.165, 1.54) is 11.3 Å². The minimum Gasteiger partial charge on any atom is -0.375 e. The summed E-state index contributed by atoms with van der Waals surface area (Å²) in [6, 6.07) is 14.6. The molecule has 6 heteroatoms. The maximum Gasteiger partial charge on any atom is 0.206 e. The molecule has 3 nitrogen and oxygen atoms in total. The minimum atomic E-state index is -0.172. The first-order valence-corrected chi connectivity index (χ1v) is 8.36. The molecule has 0 aliphatic rings. The average Bonchev–Trinajstić information content (AvgIpc) is 2.89. The Hall–Kier alpha value is -1.69. The number of anilines is 1. The standard InChI is InChI=1S/C16H10BrClN2OS/c17-10-5-3-4-9(8-10)13-15(22-16(19)20-13)14(21)11-6-1-2-7-12(11)18/h1-8H,(H2,19,20). The number of carbonyl (C=O) groups is 1. The van der Waals surface area contributed by atoms with Crippen LogP contribution in [0.4, 0.5) is 5.13 Å². The Morgan fingerprint density at radius 3 is 2.68 bits per heavy atom. The molecule has 0 aliphatic heterocycles. The van der Waals surface area contributed by atoms with Gasteiger partial charge in [0.2, 0.25) is 5.78 Å². The van der Waals surface area contributed by atoms with Crippen molar-refractivity contribution in [3.05, 3.63) is 68.5 Å². The van der Waals surface area contributed by atoms with Gasteiger partial charge in [0.1, 0.15) is 4.88 Å². The molecular weight excluding hydrogens is 384 g/mol. The summed E-state index contributed by atoms with van der Waals surface area (Å²) in [5.41, 5.74) is 7.68. The lowest BCUT2D eigenvalue weighted by molar-refractivity contribution is 0.104. The van der Waals surface area contributed by atoms with Crippen molar-refractivity contribution in [2.75, 3.05) is 5.73 Å². The topological polar surface area (TPSA) is 56.0 Å². The number of halogens is 2. The second-order valence-corrected chi connectivity index (χ2v) is 6.90. The molecule has 0 radical (unpaired) electrons. The van der Waals surface area contributed by atoms with Crippen LogP contribution in [-0.4, -0.2) is 10.8 Å². The second-order valence-electron chi connectivity index (χ2n) is 4.55. The molecule has 0 saturated heterocycles. The highest BCUT2D eigenvalue weighted by Crippen LogP contribution is 2.33. The summed E-state index contributed by atoms with van der Waals surface area (Å²) in [4.78, 5) is 17.6. The van der Waals surface area contributed by atoms with Crippen molar-refractivity contribution in [2.24, 2.45) is 0 Å². The maximum absolute atomic E-state index is 12.8. The van der Waals surface area contributed by atoms with Gasteiger partial charge in [-0.1, -0.05) is 63.1 Å². The Morgan fingerprint density at radius 1 is 1.18 bits per heavy atom. The van der Waals surface area contributed by atoms with Crippen molar-refractivity contribution in [2.45, 2.75) is 0 Å². The SMILES string of the molecule is Nc1nc(-c2cccc(Br)c2)c(C(=O)c2ccccc2Cl)s1. The van der Waals surface area contributed by atoms with Crippen LogP contribution in [0.5, 0.6) is 0 Å². The van der Waals surface area contributed by atoms with E-state index >= 15 is 0 Å². The number of carbonyl (C=O) groups excluding carboxylic acids is 1. The molecule has 0 bridgehead atoms. The summed E-state index contributed by atoms with van der Waals surface area (Å²) in [6.45, 7) is 0. The van der Waals surface area contributed by atoms with Gasteiger partial charge >= 0.3 is 0 Å². The van der Waals surface area contributed by atoms with Gasteiger partial charge in [0, 0.05) is 15.6 Å². The third-order valence-corrected chi connectivity index (χ3v) is 4.77. The number of benzene rings is 2. The van der Waals surface area contributed by atoms with E-state index in [1.54, 1.807) is 24.3 Å². The molecule has 22 heavy (non-hydrogen) atoms. The van der Waals surface area contributed by atoms with Crippen LogP contribution in [0.3, 0.4) is 0 Å². The highest BCUT2D eigenvalue weighted by atomic mass is 79.9. The summed E-state index contributed by atoms with van der Waals surface area (Å²) in [5, 5.41) is 0.769. The number of nitrogens with two attached hydrogens (primary N) is 1. The zero-order chi connectivity index (χ0) is 15.7. The molecule has 1 aromatic heterocycles. The normalized spacial score (nSPS) is 10.6. The van der Waals surface area contributed by atoms with Gasteiger partial charge in [-0.05, 0) is 24.3 Å². The van der Waals surface area contributed by atoms with Gasteiger partial charge in [-0.15, -0.1) is 0 Å². The molecule has 2 aromatic carbocycles. The van der Waals surface area contributed by atoms with E-state index in [9.17, 15) is 4.79 Å². The third-order valence-electron chi connectivity index (χ3n) is 3.07. The lowest BCUT2D eigenvalue weighted by Crippen LogP contribution is -2.01. The molecule has 0 saturated carbocycles. The van der Waals surface area contributed by atoms with E-state index in [2.05, 4.69) is 20.9 Å². The van der Waals surface area contributed by atoms with E-state index in [4.69, 9.17) is 17.3 Å². The monoisotopic (exact) mass is 392 g/mol. The fraction of sp³-hybridized carbons (Fsp3) is 0. The predicted octanol–water partition coefficient (Wildman–Crippen LogP) is 5.04. The van der Waals surface area contributed by atoms with Crippen LogP contribution in [-0.2, 0) is 0 Å². The number of ketones is 1. The molecule has 3 rings (SSSR count). The molecule has 3 aromatic rings. The predicted molar refractivity (Wildman–Crippen MR) is 94.5 cm³/mol. The molecule has 1 heterocycles.